The number of aliphatic hydroxyl groups is 2. The molecule has 0 aromatic rings. The Morgan fingerprint density at radius 1 is 1.70 bits per heavy atom. The summed E-state index contributed by atoms with van der Waals surface area (Å²) in [6, 6.07) is 1.90. The van der Waals surface area contributed by atoms with Gasteiger partial charge >= 0.3 is 0 Å². The molecule has 1 saturated heterocycles. The average molecular weight is 321 g/mol. The Labute approximate surface area is 133 Å². The minimum atomic E-state index is -2.01. The lowest BCUT2D eigenvalue weighted by Crippen LogP contribution is -2.62. The van der Waals surface area contributed by atoms with Gasteiger partial charge in [0.1, 0.15) is 30.3 Å². The van der Waals surface area contributed by atoms with Crippen molar-refractivity contribution in [3.05, 3.63) is 24.4 Å². The van der Waals surface area contributed by atoms with Gasteiger partial charge in [0.05, 0.1) is 6.61 Å². The third-order valence-electron chi connectivity index (χ3n) is 3.85. The van der Waals surface area contributed by atoms with Gasteiger partial charge in [-0.3, -0.25) is 0 Å². The van der Waals surface area contributed by atoms with Crippen molar-refractivity contribution in [1.29, 1.82) is 5.26 Å². The number of hydrazone groups is 1. The van der Waals surface area contributed by atoms with Crippen molar-refractivity contribution in [2.24, 2.45) is 15.8 Å². The molecule has 0 aromatic heterocycles. The largest absolute Gasteiger partial charge is 0.387 e. The van der Waals surface area contributed by atoms with Crippen LogP contribution in [-0.2, 0) is 9.47 Å². The highest BCUT2D eigenvalue weighted by Crippen LogP contribution is 2.44. The highest BCUT2D eigenvalue weighted by molar-refractivity contribution is 6.02. The van der Waals surface area contributed by atoms with Crippen molar-refractivity contribution in [1.82, 2.24) is 5.01 Å². The number of amidine groups is 1. The zero-order valence-corrected chi connectivity index (χ0v) is 12.9. The second kappa shape index (κ2) is 6.10. The van der Waals surface area contributed by atoms with Crippen molar-refractivity contribution in [2.45, 2.75) is 30.5 Å². The van der Waals surface area contributed by atoms with Gasteiger partial charge in [0.2, 0.25) is 0 Å². The molecule has 4 atom stereocenters. The Bertz CT molecular complexity index is 621. The van der Waals surface area contributed by atoms with Crippen LogP contribution in [0.3, 0.4) is 0 Å². The first-order valence-electron chi connectivity index (χ1n) is 6.83. The van der Waals surface area contributed by atoms with E-state index in [9.17, 15) is 15.5 Å². The van der Waals surface area contributed by atoms with Crippen LogP contribution in [0.4, 0.5) is 0 Å². The molecule has 0 bridgehead atoms. The van der Waals surface area contributed by atoms with Crippen molar-refractivity contribution in [3.8, 4) is 6.07 Å². The van der Waals surface area contributed by atoms with Gasteiger partial charge in [-0.1, -0.05) is 12.7 Å². The van der Waals surface area contributed by atoms with Crippen LogP contribution in [0.15, 0.2) is 34.5 Å². The number of nitriles is 1. The van der Waals surface area contributed by atoms with Crippen molar-refractivity contribution < 1.29 is 19.7 Å². The molecular weight excluding hydrogens is 302 g/mol. The number of hydrogen-bond acceptors (Lipinski definition) is 9. The third-order valence-corrected chi connectivity index (χ3v) is 3.85. The van der Waals surface area contributed by atoms with Gasteiger partial charge < -0.3 is 25.4 Å². The predicted molar refractivity (Wildman–Crippen MR) is 82.0 cm³/mol. The number of ether oxygens (including phenoxy) is 2. The summed E-state index contributed by atoms with van der Waals surface area (Å²) in [5.41, 5.74) is 2.05. The smallest absolute Gasteiger partial charge is 0.282 e. The van der Waals surface area contributed by atoms with Gasteiger partial charge in [0, 0.05) is 7.11 Å². The van der Waals surface area contributed by atoms with Crippen LogP contribution in [0.1, 0.15) is 6.92 Å². The van der Waals surface area contributed by atoms with Crippen LogP contribution in [0.2, 0.25) is 0 Å². The summed E-state index contributed by atoms with van der Waals surface area (Å²) in [5.74, 6) is 0.0682. The molecule has 9 nitrogen and oxygen atoms in total. The Hall–Kier alpha value is -2.25. The summed E-state index contributed by atoms with van der Waals surface area (Å²) in [7, 11) is 1.42. The lowest BCUT2D eigenvalue weighted by Gasteiger charge is -2.41. The van der Waals surface area contributed by atoms with Gasteiger partial charge in [-0.25, -0.2) is 10.0 Å². The van der Waals surface area contributed by atoms with Crippen LogP contribution in [0.5, 0.6) is 0 Å². The van der Waals surface area contributed by atoms with Crippen molar-refractivity contribution in [2.75, 3.05) is 13.7 Å². The van der Waals surface area contributed by atoms with Gasteiger partial charge in [-0.15, -0.1) is 0 Å². The molecular formula is C14H19N5O4. The second-order valence-corrected chi connectivity index (χ2v) is 5.30. The number of methoxy groups -OCH3 is 1. The Kier molecular flexibility index (Phi) is 4.53. The van der Waals surface area contributed by atoms with E-state index in [1.54, 1.807) is 0 Å². The van der Waals surface area contributed by atoms with Gasteiger partial charge in [-0.2, -0.15) is 10.4 Å². The fourth-order valence-corrected chi connectivity index (χ4v) is 2.60. The maximum atomic E-state index is 10.8. The summed E-state index contributed by atoms with van der Waals surface area (Å²) in [6.45, 7) is 4.85. The highest BCUT2D eigenvalue weighted by atomic mass is 16.6. The molecule has 1 fully saturated rings. The maximum absolute atomic E-state index is 10.8. The Morgan fingerprint density at radius 3 is 2.96 bits per heavy atom. The lowest BCUT2D eigenvalue weighted by molar-refractivity contribution is -0.173. The minimum absolute atomic E-state index is 0.0115. The molecule has 124 valence electrons. The number of nitrogens with two attached hydrogens (primary N) is 1. The summed E-state index contributed by atoms with van der Waals surface area (Å²) >= 11 is 0. The number of rotatable bonds is 4. The molecule has 0 saturated carbocycles. The van der Waals surface area contributed by atoms with Crippen molar-refractivity contribution >= 4 is 12.2 Å². The molecule has 0 aliphatic carbocycles. The molecule has 2 heterocycles. The fraction of sp³-hybridized carbons (Fsp3) is 0.500. The molecule has 2 aliphatic heterocycles. The zero-order chi connectivity index (χ0) is 17.3. The quantitative estimate of drug-likeness (QED) is 0.607. The highest BCUT2D eigenvalue weighted by Gasteiger charge is 2.67. The first-order chi connectivity index (χ1) is 10.9. The first-order valence-corrected chi connectivity index (χ1v) is 6.83. The SMILES string of the molecule is C=C/C=C1/C(N)=NC=NN1[C@]1(C#N)O[C@H](COC)[C@@H](O)[C@@]1(C)O. The van der Waals surface area contributed by atoms with Gasteiger partial charge in [0.15, 0.2) is 11.4 Å². The molecule has 2 aliphatic rings. The molecule has 9 heteroatoms. The van der Waals surface area contributed by atoms with Crippen LogP contribution in [0, 0.1) is 11.3 Å². The van der Waals surface area contributed by atoms with E-state index in [2.05, 4.69) is 16.7 Å². The monoisotopic (exact) mass is 321 g/mol. The van der Waals surface area contributed by atoms with E-state index in [-0.39, 0.29) is 18.1 Å². The first kappa shape index (κ1) is 17.1. The molecule has 0 amide bonds. The second-order valence-electron chi connectivity index (χ2n) is 5.30. The molecule has 0 radical (unpaired) electrons. The standard InChI is InChI=1S/C14H19N5O4/c1-4-5-9-12(16)17-8-18-19(9)14(7-15)13(2,21)11(20)10(23-14)6-22-3/h4-5,8,10-11,20-21H,1,6H2,2-3H3,(H2,16,17,18)/b9-5-/t10-,11-,13-,14-/m1/s1. The van der Waals surface area contributed by atoms with E-state index in [0.717, 1.165) is 11.3 Å². The van der Waals surface area contributed by atoms with Crippen molar-refractivity contribution in [3.63, 3.8) is 0 Å². The molecule has 0 spiro atoms. The van der Waals surface area contributed by atoms with Crippen LogP contribution < -0.4 is 5.73 Å². The third kappa shape index (κ3) is 2.42. The van der Waals surface area contributed by atoms with Gasteiger partial charge in [0.25, 0.3) is 5.72 Å². The minimum Gasteiger partial charge on any atom is -0.387 e. The summed E-state index contributed by atoms with van der Waals surface area (Å²) in [4.78, 5) is 3.85. The predicted octanol–water partition coefficient (Wildman–Crippen LogP) is -0.951. The number of aliphatic hydroxyl groups excluding tert-OH is 1. The van der Waals surface area contributed by atoms with E-state index >= 15 is 0 Å². The van der Waals surface area contributed by atoms with E-state index in [4.69, 9.17) is 15.2 Å². The fourth-order valence-electron chi connectivity index (χ4n) is 2.60. The van der Waals surface area contributed by atoms with E-state index < -0.39 is 23.5 Å². The summed E-state index contributed by atoms with van der Waals surface area (Å²) < 4.78 is 10.6. The molecule has 0 aromatic carbocycles. The maximum Gasteiger partial charge on any atom is 0.282 e. The Balaban J connectivity index is 2.55. The lowest BCUT2D eigenvalue weighted by atomic mass is 9.87. The number of nitrogens with zero attached hydrogens (tertiary/aromatic N) is 4. The number of hydrogen-bond donors (Lipinski definition) is 3. The molecule has 0 unspecified atom stereocenters. The number of aliphatic imine (C=N–C) groups is 1. The van der Waals surface area contributed by atoms with E-state index in [1.807, 2.05) is 6.07 Å². The summed E-state index contributed by atoms with van der Waals surface area (Å²) in [6.07, 6.45) is 1.75. The molecule has 23 heavy (non-hydrogen) atoms. The number of allylic oxidation sites excluding steroid dienone is 2. The van der Waals surface area contributed by atoms with Crippen LogP contribution >= 0.6 is 0 Å². The van der Waals surface area contributed by atoms with E-state index in [1.165, 1.54) is 26.2 Å². The normalized spacial score (nSPS) is 38.5. The average Bonchev–Trinajstić information content (AvgIpc) is 2.71. The topological polar surface area (TPSA) is 137 Å². The molecule has 4 N–H and O–H groups in total. The molecule has 2 rings (SSSR count). The Morgan fingerprint density at radius 2 is 2.39 bits per heavy atom. The summed E-state index contributed by atoms with van der Waals surface area (Å²) in [5, 5.41) is 36.0. The van der Waals surface area contributed by atoms with Crippen LogP contribution in [0.25, 0.3) is 0 Å². The van der Waals surface area contributed by atoms with Crippen LogP contribution in [-0.4, -0.2) is 64.6 Å². The van der Waals surface area contributed by atoms with E-state index in [0.29, 0.717) is 0 Å². The van der Waals surface area contributed by atoms with Gasteiger partial charge in [-0.05, 0) is 13.0 Å². The zero-order valence-electron chi connectivity index (χ0n) is 12.9.